The molecule has 0 unspecified atom stereocenters. The number of methoxy groups -OCH3 is 1. The number of esters is 1. The van der Waals surface area contributed by atoms with Crippen LogP contribution in [0.2, 0.25) is 4.34 Å². The molecule has 0 radical (unpaired) electrons. The molecule has 1 atom stereocenters. The Labute approximate surface area is 109 Å². The van der Waals surface area contributed by atoms with Crippen LogP contribution in [0.3, 0.4) is 0 Å². The number of piperidine rings is 1. The molecule has 1 aliphatic rings. The van der Waals surface area contributed by atoms with Crippen molar-refractivity contribution < 1.29 is 9.53 Å². The van der Waals surface area contributed by atoms with Crippen LogP contribution < -0.4 is 0 Å². The van der Waals surface area contributed by atoms with Gasteiger partial charge in [0.1, 0.15) is 16.1 Å². The molecule has 1 saturated heterocycles. The Kier molecular flexibility index (Phi) is 4.31. The van der Waals surface area contributed by atoms with Gasteiger partial charge in [0.2, 0.25) is 0 Å². The van der Waals surface area contributed by atoms with Gasteiger partial charge in [0.15, 0.2) is 0 Å². The maximum Gasteiger partial charge on any atom is 0.323 e. The van der Waals surface area contributed by atoms with E-state index >= 15 is 0 Å². The zero-order valence-electron chi connectivity index (χ0n) is 9.56. The minimum Gasteiger partial charge on any atom is -0.468 e. The van der Waals surface area contributed by atoms with Crippen LogP contribution in [-0.2, 0) is 16.1 Å². The van der Waals surface area contributed by atoms with Crippen molar-refractivity contribution >= 4 is 29.1 Å². The minimum absolute atomic E-state index is 0.175. The Bertz CT molecular complexity index is 399. The lowest BCUT2D eigenvalue weighted by molar-refractivity contribution is -0.148. The number of carbonyl (C=O) groups is 1. The summed E-state index contributed by atoms with van der Waals surface area (Å²) >= 11 is 7.14. The van der Waals surface area contributed by atoms with Crippen molar-refractivity contribution in [3.8, 4) is 0 Å². The van der Waals surface area contributed by atoms with Crippen LogP contribution in [0.1, 0.15) is 25.0 Å². The van der Waals surface area contributed by atoms with Crippen LogP contribution in [0.4, 0.5) is 0 Å². The third-order valence-electron chi connectivity index (χ3n) is 2.95. The van der Waals surface area contributed by atoms with Crippen molar-refractivity contribution in [2.75, 3.05) is 13.7 Å². The molecule has 0 saturated carbocycles. The molecule has 1 aromatic heterocycles. The summed E-state index contributed by atoms with van der Waals surface area (Å²) in [4.78, 5) is 13.7. The lowest BCUT2D eigenvalue weighted by atomic mass is 10.0. The molecule has 1 aliphatic heterocycles. The van der Waals surface area contributed by atoms with Gasteiger partial charge in [-0.05, 0) is 19.4 Å². The second kappa shape index (κ2) is 5.75. The Morgan fingerprint density at radius 3 is 3.12 bits per heavy atom. The molecule has 0 N–H and O–H groups in total. The summed E-state index contributed by atoms with van der Waals surface area (Å²) in [6.45, 7) is 1.43. The SMILES string of the molecule is COC(=O)[C@H]1CCCCN1Cc1nnsc1Cl. The molecular formula is C10H14ClN3O2S. The highest BCUT2D eigenvalue weighted by Crippen LogP contribution is 2.24. The molecule has 1 fully saturated rings. The van der Waals surface area contributed by atoms with E-state index in [0.717, 1.165) is 31.5 Å². The smallest absolute Gasteiger partial charge is 0.323 e. The van der Waals surface area contributed by atoms with Crippen molar-refractivity contribution in [2.24, 2.45) is 0 Å². The number of halogens is 1. The highest BCUT2D eigenvalue weighted by molar-refractivity contribution is 7.10. The number of aromatic nitrogens is 2. The molecular weight excluding hydrogens is 262 g/mol. The summed E-state index contributed by atoms with van der Waals surface area (Å²) < 4.78 is 9.21. The molecule has 17 heavy (non-hydrogen) atoms. The summed E-state index contributed by atoms with van der Waals surface area (Å²) in [6.07, 6.45) is 2.98. The van der Waals surface area contributed by atoms with Crippen LogP contribution in [-0.4, -0.2) is 40.2 Å². The van der Waals surface area contributed by atoms with E-state index in [1.54, 1.807) is 0 Å². The van der Waals surface area contributed by atoms with E-state index in [1.807, 2.05) is 0 Å². The number of ether oxygens (including phenoxy) is 1. The summed E-state index contributed by atoms with van der Waals surface area (Å²) in [7, 11) is 1.42. The standard InChI is InChI=1S/C10H14ClN3O2S/c1-16-10(15)8-4-2-3-5-14(8)6-7-9(11)17-13-12-7/h8H,2-6H2,1H3/t8-/m1/s1. The third-order valence-corrected chi connectivity index (χ3v) is 3.93. The van der Waals surface area contributed by atoms with Gasteiger partial charge in [0.05, 0.1) is 7.11 Å². The monoisotopic (exact) mass is 275 g/mol. The molecule has 5 nitrogen and oxygen atoms in total. The summed E-state index contributed by atoms with van der Waals surface area (Å²) in [6, 6.07) is -0.175. The first-order valence-electron chi connectivity index (χ1n) is 5.51. The van der Waals surface area contributed by atoms with Crippen LogP contribution in [0.25, 0.3) is 0 Å². The lowest BCUT2D eigenvalue weighted by Gasteiger charge is -2.32. The molecule has 0 amide bonds. The quantitative estimate of drug-likeness (QED) is 0.786. The van der Waals surface area contributed by atoms with Gasteiger partial charge < -0.3 is 4.74 Å². The van der Waals surface area contributed by atoms with E-state index in [2.05, 4.69) is 14.5 Å². The highest BCUT2D eigenvalue weighted by atomic mass is 35.5. The van der Waals surface area contributed by atoms with Crippen molar-refractivity contribution in [3.63, 3.8) is 0 Å². The number of likely N-dealkylation sites (tertiary alicyclic amines) is 1. The van der Waals surface area contributed by atoms with Gasteiger partial charge >= 0.3 is 5.97 Å². The number of hydrogen-bond donors (Lipinski definition) is 0. The highest BCUT2D eigenvalue weighted by Gasteiger charge is 2.30. The molecule has 0 spiro atoms. The van der Waals surface area contributed by atoms with E-state index in [4.69, 9.17) is 16.3 Å². The van der Waals surface area contributed by atoms with E-state index in [0.29, 0.717) is 10.9 Å². The van der Waals surface area contributed by atoms with Gasteiger partial charge in [0, 0.05) is 18.1 Å². The first-order valence-corrected chi connectivity index (χ1v) is 6.66. The van der Waals surface area contributed by atoms with Gasteiger partial charge in [0.25, 0.3) is 0 Å². The fraction of sp³-hybridized carbons (Fsp3) is 0.700. The second-order valence-electron chi connectivity index (χ2n) is 4.00. The van der Waals surface area contributed by atoms with Crippen molar-refractivity contribution in [2.45, 2.75) is 31.8 Å². The van der Waals surface area contributed by atoms with E-state index in [1.165, 1.54) is 18.6 Å². The lowest BCUT2D eigenvalue weighted by Crippen LogP contribution is -2.44. The minimum atomic E-state index is -0.177. The van der Waals surface area contributed by atoms with E-state index in [9.17, 15) is 4.79 Å². The number of nitrogens with zero attached hydrogens (tertiary/aromatic N) is 3. The molecule has 1 aromatic rings. The van der Waals surface area contributed by atoms with Crippen LogP contribution in [0.5, 0.6) is 0 Å². The zero-order valence-corrected chi connectivity index (χ0v) is 11.1. The molecule has 7 heteroatoms. The van der Waals surface area contributed by atoms with Gasteiger partial charge in [-0.1, -0.05) is 22.5 Å². The number of rotatable bonds is 3. The summed E-state index contributed by atoms with van der Waals surface area (Å²) in [5.74, 6) is -0.177. The van der Waals surface area contributed by atoms with Crippen LogP contribution >= 0.6 is 23.1 Å². The Balaban J connectivity index is 2.06. The average Bonchev–Trinajstić information content (AvgIpc) is 2.75. The third kappa shape index (κ3) is 2.94. The molecule has 0 bridgehead atoms. The van der Waals surface area contributed by atoms with Gasteiger partial charge in [-0.15, -0.1) is 5.10 Å². The van der Waals surface area contributed by atoms with Gasteiger partial charge in [-0.2, -0.15) is 0 Å². The Morgan fingerprint density at radius 1 is 1.65 bits per heavy atom. The van der Waals surface area contributed by atoms with Crippen LogP contribution in [0.15, 0.2) is 0 Å². The number of hydrogen-bond acceptors (Lipinski definition) is 6. The summed E-state index contributed by atoms with van der Waals surface area (Å²) in [5, 5.41) is 3.97. The number of carbonyl (C=O) groups excluding carboxylic acids is 1. The predicted molar refractivity (Wildman–Crippen MR) is 65.0 cm³/mol. The van der Waals surface area contributed by atoms with E-state index < -0.39 is 0 Å². The normalized spacial score (nSPS) is 21.4. The molecule has 0 aliphatic carbocycles. The summed E-state index contributed by atoms with van der Waals surface area (Å²) in [5.41, 5.74) is 0.743. The van der Waals surface area contributed by atoms with Crippen molar-refractivity contribution in [3.05, 3.63) is 10.0 Å². The zero-order chi connectivity index (χ0) is 12.3. The largest absolute Gasteiger partial charge is 0.468 e. The predicted octanol–water partition coefficient (Wildman–Crippen LogP) is 1.72. The fourth-order valence-corrected chi connectivity index (χ4v) is 2.68. The second-order valence-corrected chi connectivity index (χ2v) is 5.35. The van der Waals surface area contributed by atoms with E-state index in [-0.39, 0.29) is 12.0 Å². The van der Waals surface area contributed by atoms with Crippen LogP contribution in [0, 0.1) is 0 Å². The molecule has 2 rings (SSSR count). The first-order chi connectivity index (χ1) is 8.22. The van der Waals surface area contributed by atoms with Gasteiger partial charge in [-0.25, -0.2) is 0 Å². The topological polar surface area (TPSA) is 55.3 Å². The molecule has 0 aromatic carbocycles. The maximum absolute atomic E-state index is 11.7. The van der Waals surface area contributed by atoms with Crippen molar-refractivity contribution in [1.29, 1.82) is 0 Å². The van der Waals surface area contributed by atoms with Crippen molar-refractivity contribution in [1.82, 2.24) is 14.5 Å². The average molecular weight is 276 g/mol. The maximum atomic E-state index is 11.7. The molecule has 94 valence electrons. The fourth-order valence-electron chi connectivity index (χ4n) is 2.07. The molecule has 2 heterocycles. The first kappa shape index (κ1) is 12.7. The van der Waals surface area contributed by atoms with Gasteiger partial charge in [-0.3, -0.25) is 9.69 Å². The Morgan fingerprint density at radius 2 is 2.47 bits per heavy atom. The Hall–Kier alpha value is -0.720.